The topological polar surface area (TPSA) is 12.0 Å². The van der Waals surface area contributed by atoms with Crippen LogP contribution in [-0.2, 0) is 0 Å². The Morgan fingerprint density at radius 1 is 1.62 bits per heavy atom. The summed E-state index contributed by atoms with van der Waals surface area (Å²) < 4.78 is 0. The summed E-state index contributed by atoms with van der Waals surface area (Å²) in [6.07, 6.45) is 2.83. The van der Waals surface area contributed by atoms with Gasteiger partial charge in [0.05, 0.1) is 0 Å². The van der Waals surface area contributed by atoms with Crippen molar-refractivity contribution in [1.29, 1.82) is 0 Å². The number of nitrogens with one attached hydrogen (secondary N) is 1. The van der Waals surface area contributed by atoms with E-state index in [1.807, 2.05) is 0 Å². The molecule has 0 spiro atoms. The van der Waals surface area contributed by atoms with Crippen LogP contribution in [0, 0.1) is 5.41 Å². The van der Waals surface area contributed by atoms with Crippen LogP contribution in [0.2, 0.25) is 0 Å². The fourth-order valence-corrected chi connectivity index (χ4v) is 2.45. The maximum Gasteiger partial charge on any atom is 0.0101 e. The van der Waals surface area contributed by atoms with Crippen molar-refractivity contribution in [3.05, 3.63) is 0 Å². The van der Waals surface area contributed by atoms with Gasteiger partial charge in [0.15, 0.2) is 0 Å². The van der Waals surface area contributed by atoms with Crippen molar-refractivity contribution < 1.29 is 0 Å². The van der Waals surface area contributed by atoms with Gasteiger partial charge in [-0.25, -0.2) is 0 Å². The third-order valence-corrected chi connectivity index (χ3v) is 3.60. The van der Waals surface area contributed by atoms with E-state index in [-0.39, 0.29) is 0 Å². The SMILES string of the molecule is BrCC12CNC(C1)C2. The Labute approximate surface area is 58.0 Å². The van der Waals surface area contributed by atoms with Crippen molar-refractivity contribution in [3.8, 4) is 0 Å². The molecule has 2 aliphatic heterocycles. The lowest BCUT2D eigenvalue weighted by atomic mass is 9.72. The van der Waals surface area contributed by atoms with Gasteiger partial charge in [-0.3, -0.25) is 0 Å². The molecule has 3 aliphatic rings. The zero-order valence-corrected chi connectivity index (χ0v) is 6.37. The Bertz CT molecular complexity index is 102. The van der Waals surface area contributed by atoms with Gasteiger partial charge in [0.2, 0.25) is 0 Å². The van der Waals surface area contributed by atoms with Gasteiger partial charge in [-0.2, -0.15) is 0 Å². The summed E-state index contributed by atoms with van der Waals surface area (Å²) in [6, 6.07) is 0.882. The van der Waals surface area contributed by atoms with Crippen LogP contribution in [0.4, 0.5) is 0 Å². The number of rotatable bonds is 1. The summed E-state index contributed by atoms with van der Waals surface area (Å²) in [5.41, 5.74) is 0.685. The maximum absolute atomic E-state index is 3.53. The lowest BCUT2D eigenvalue weighted by Gasteiger charge is -2.34. The molecule has 0 radical (unpaired) electrons. The largest absolute Gasteiger partial charge is 0.313 e. The second-order valence-corrected chi connectivity index (χ2v) is 3.68. The van der Waals surface area contributed by atoms with Crippen molar-refractivity contribution >= 4 is 15.9 Å². The molecule has 1 N–H and O–H groups in total. The zero-order valence-electron chi connectivity index (χ0n) is 4.78. The second kappa shape index (κ2) is 1.48. The number of halogens is 1. The molecule has 2 heterocycles. The highest BCUT2D eigenvalue weighted by atomic mass is 79.9. The van der Waals surface area contributed by atoms with E-state index in [2.05, 4.69) is 21.2 Å². The first kappa shape index (κ1) is 5.24. The van der Waals surface area contributed by atoms with Gasteiger partial charge in [0, 0.05) is 17.9 Å². The first-order valence-corrected chi connectivity index (χ1v) is 4.26. The monoisotopic (exact) mass is 175 g/mol. The van der Waals surface area contributed by atoms with Crippen LogP contribution in [0.3, 0.4) is 0 Å². The van der Waals surface area contributed by atoms with Crippen molar-refractivity contribution in [2.24, 2.45) is 5.41 Å². The lowest BCUT2D eigenvalue weighted by molar-refractivity contribution is 0.235. The standard InChI is InChI=1S/C6H10BrN/c7-3-6-1-5(2-6)8-4-6/h5,8H,1-4H2. The lowest BCUT2D eigenvalue weighted by Crippen LogP contribution is -2.34. The molecule has 2 heteroatoms. The van der Waals surface area contributed by atoms with Crippen LogP contribution < -0.4 is 5.32 Å². The molecule has 3 rings (SSSR count). The van der Waals surface area contributed by atoms with Crippen LogP contribution in [-0.4, -0.2) is 17.9 Å². The highest BCUT2D eigenvalue weighted by Crippen LogP contribution is 2.47. The first-order valence-electron chi connectivity index (χ1n) is 3.14. The molecule has 1 nitrogen and oxygen atoms in total. The molecule has 2 bridgehead atoms. The second-order valence-electron chi connectivity index (χ2n) is 3.12. The molecule has 0 aromatic carbocycles. The van der Waals surface area contributed by atoms with Gasteiger partial charge >= 0.3 is 0 Å². The molecule has 1 saturated carbocycles. The van der Waals surface area contributed by atoms with E-state index in [0.29, 0.717) is 5.41 Å². The Kier molecular flexibility index (Phi) is 0.970. The normalized spacial score (nSPS) is 51.4. The van der Waals surface area contributed by atoms with Crippen molar-refractivity contribution in [2.45, 2.75) is 18.9 Å². The molecule has 0 unspecified atom stereocenters. The minimum Gasteiger partial charge on any atom is -0.313 e. The molecule has 0 aromatic heterocycles. The summed E-state index contributed by atoms with van der Waals surface area (Å²) in [5.74, 6) is 0. The fourth-order valence-electron chi connectivity index (χ4n) is 1.79. The summed E-state index contributed by atoms with van der Waals surface area (Å²) >= 11 is 3.53. The quantitative estimate of drug-likeness (QED) is 0.590. The summed E-state index contributed by atoms with van der Waals surface area (Å²) in [7, 11) is 0. The van der Waals surface area contributed by atoms with Crippen LogP contribution in [0.5, 0.6) is 0 Å². The molecule has 2 saturated heterocycles. The summed E-state index contributed by atoms with van der Waals surface area (Å²) in [5, 5.41) is 4.65. The first-order chi connectivity index (χ1) is 3.85. The predicted molar refractivity (Wildman–Crippen MR) is 37.3 cm³/mol. The smallest absolute Gasteiger partial charge is 0.0101 e. The molecule has 0 atom stereocenters. The Morgan fingerprint density at radius 3 is 2.62 bits per heavy atom. The Hall–Kier alpha value is 0.440. The van der Waals surface area contributed by atoms with Crippen molar-refractivity contribution in [3.63, 3.8) is 0 Å². The molecule has 1 aliphatic carbocycles. The molecule has 46 valence electrons. The Morgan fingerprint density at radius 2 is 2.38 bits per heavy atom. The zero-order chi connectivity index (χ0) is 5.61. The van der Waals surface area contributed by atoms with Gasteiger partial charge in [0.1, 0.15) is 0 Å². The van der Waals surface area contributed by atoms with E-state index in [1.165, 1.54) is 24.7 Å². The van der Waals surface area contributed by atoms with E-state index in [0.717, 1.165) is 6.04 Å². The van der Waals surface area contributed by atoms with E-state index in [4.69, 9.17) is 0 Å². The molecule has 3 fully saturated rings. The molecule has 0 aromatic rings. The van der Waals surface area contributed by atoms with Gasteiger partial charge in [-0.1, -0.05) is 15.9 Å². The third-order valence-electron chi connectivity index (χ3n) is 2.41. The van der Waals surface area contributed by atoms with Crippen molar-refractivity contribution in [2.75, 3.05) is 11.9 Å². The highest BCUT2D eigenvalue weighted by molar-refractivity contribution is 9.09. The van der Waals surface area contributed by atoms with Crippen LogP contribution >= 0.6 is 15.9 Å². The van der Waals surface area contributed by atoms with E-state index >= 15 is 0 Å². The van der Waals surface area contributed by atoms with E-state index in [9.17, 15) is 0 Å². The predicted octanol–water partition coefficient (Wildman–Crippen LogP) is 1.13. The average Bonchev–Trinajstić information content (AvgIpc) is 2.17. The summed E-state index contributed by atoms with van der Waals surface area (Å²) in [6.45, 7) is 1.25. The molecule has 8 heavy (non-hydrogen) atoms. The number of hydrogen-bond donors (Lipinski definition) is 1. The minimum absolute atomic E-state index is 0.685. The van der Waals surface area contributed by atoms with Gasteiger partial charge in [-0.05, 0) is 18.3 Å². The fraction of sp³-hybridized carbons (Fsp3) is 1.00. The highest BCUT2D eigenvalue weighted by Gasteiger charge is 2.49. The van der Waals surface area contributed by atoms with Gasteiger partial charge in [0.25, 0.3) is 0 Å². The van der Waals surface area contributed by atoms with Crippen molar-refractivity contribution in [1.82, 2.24) is 5.32 Å². The van der Waals surface area contributed by atoms with Crippen LogP contribution in [0.1, 0.15) is 12.8 Å². The molecular weight excluding hydrogens is 166 g/mol. The van der Waals surface area contributed by atoms with Gasteiger partial charge < -0.3 is 5.32 Å². The van der Waals surface area contributed by atoms with Crippen LogP contribution in [0.15, 0.2) is 0 Å². The average molecular weight is 176 g/mol. The van der Waals surface area contributed by atoms with E-state index < -0.39 is 0 Å². The minimum atomic E-state index is 0.685. The number of alkyl halides is 1. The molecular formula is C6H10BrN. The number of hydrogen-bond acceptors (Lipinski definition) is 1. The third kappa shape index (κ3) is 0.504. The number of fused-ring (bicyclic) bond motifs is 1. The summed E-state index contributed by atoms with van der Waals surface area (Å²) in [4.78, 5) is 0. The Balaban J connectivity index is 2.09. The van der Waals surface area contributed by atoms with E-state index in [1.54, 1.807) is 0 Å². The maximum atomic E-state index is 3.53. The van der Waals surface area contributed by atoms with Crippen LogP contribution in [0.25, 0.3) is 0 Å². The molecule has 0 amide bonds. The van der Waals surface area contributed by atoms with Gasteiger partial charge in [-0.15, -0.1) is 0 Å².